The van der Waals surface area contributed by atoms with Gasteiger partial charge in [0.15, 0.2) is 0 Å². The Morgan fingerprint density at radius 2 is 2.09 bits per heavy atom. The van der Waals surface area contributed by atoms with Crippen molar-refractivity contribution in [2.24, 2.45) is 5.92 Å². The van der Waals surface area contributed by atoms with Crippen molar-refractivity contribution in [1.29, 1.82) is 0 Å². The van der Waals surface area contributed by atoms with E-state index in [4.69, 9.17) is 15.4 Å². The molecule has 3 heteroatoms. The lowest BCUT2D eigenvalue weighted by Crippen LogP contribution is -2.06. The molecule has 1 unspecified atom stereocenters. The fraction of sp³-hybridized carbons (Fsp3) is 1.00. The Morgan fingerprint density at radius 3 is 2.55 bits per heavy atom. The van der Waals surface area contributed by atoms with Gasteiger partial charge in [0, 0.05) is 15.5 Å². The summed E-state index contributed by atoms with van der Waals surface area (Å²) in [5, 5.41) is 0. The van der Waals surface area contributed by atoms with Gasteiger partial charge in [-0.2, -0.15) is 0 Å². The highest BCUT2D eigenvalue weighted by molar-refractivity contribution is 8.26. The Morgan fingerprint density at radius 1 is 1.45 bits per heavy atom. The molecule has 0 aromatic carbocycles. The predicted octanol–water partition coefficient (Wildman–Crippen LogP) is 2.45. The van der Waals surface area contributed by atoms with Crippen LogP contribution in [0.3, 0.4) is 0 Å². The van der Waals surface area contributed by atoms with Crippen LogP contribution < -0.4 is 0 Å². The van der Waals surface area contributed by atoms with Crippen LogP contribution in [0.15, 0.2) is 0 Å². The van der Waals surface area contributed by atoms with Gasteiger partial charge in [0.05, 0.1) is 6.61 Å². The molecule has 0 aliphatic carbocycles. The zero-order valence-corrected chi connectivity index (χ0v) is 9.26. The van der Waals surface area contributed by atoms with Crippen LogP contribution in [0, 0.1) is 5.92 Å². The molecule has 68 valence electrons. The van der Waals surface area contributed by atoms with Crippen molar-refractivity contribution in [3.8, 4) is 0 Å². The van der Waals surface area contributed by atoms with E-state index in [0.29, 0.717) is 5.92 Å². The molecule has 0 spiro atoms. The van der Waals surface area contributed by atoms with Crippen molar-refractivity contribution < 1.29 is 4.18 Å². The van der Waals surface area contributed by atoms with E-state index in [-0.39, 0.29) is 9.74 Å². The van der Waals surface area contributed by atoms with Crippen molar-refractivity contribution in [2.75, 3.05) is 12.4 Å². The molecule has 0 radical (unpaired) electrons. The van der Waals surface area contributed by atoms with E-state index in [0.717, 1.165) is 12.4 Å². The molecular weight excluding hydrogens is 176 g/mol. The highest BCUT2D eigenvalue weighted by Crippen LogP contribution is 1.98. The molecule has 0 N–H and O–H groups in total. The first-order valence-corrected chi connectivity index (χ1v) is 6.42. The average Bonchev–Trinajstić information content (AvgIpc) is 1.97. The summed E-state index contributed by atoms with van der Waals surface area (Å²) in [6.07, 6.45) is 2.41. The second-order valence-electron chi connectivity index (χ2n) is 3.04. The maximum absolute atomic E-state index is 5.45. The topological polar surface area (TPSA) is 9.23 Å². The lowest BCUT2D eigenvalue weighted by molar-refractivity contribution is 0.311. The summed E-state index contributed by atoms with van der Waals surface area (Å²) >= 11 is 5.13. The Kier molecular flexibility index (Phi) is 7.54. The monoisotopic (exact) mass is 194 g/mol. The molecule has 0 aromatic heterocycles. The molecule has 11 heavy (non-hydrogen) atoms. The Bertz CT molecular complexity index is 113. The van der Waals surface area contributed by atoms with Crippen LogP contribution >= 0.6 is 0 Å². The van der Waals surface area contributed by atoms with Gasteiger partial charge in [-0.15, -0.1) is 0 Å². The summed E-state index contributed by atoms with van der Waals surface area (Å²) in [7, 11) is -0.207. The van der Waals surface area contributed by atoms with Gasteiger partial charge in [-0.3, -0.25) is 0 Å². The van der Waals surface area contributed by atoms with Gasteiger partial charge in [0.25, 0.3) is 0 Å². The molecule has 1 nitrogen and oxygen atoms in total. The van der Waals surface area contributed by atoms with Gasteiger partial charge in [0.2, 0.25) is 0 Å². The Hall–Kier alpha value is 0.530. The molecule has 0 fully saturated rings. The zero-order valence-electron chi connectivity index (χ0n) is 7.63. The van der Waals surface area contributed by atoms with Crippen LogP contribution in [-0.4, -0.2) is 12.4 Å². The summed E-state index contributed by atoms with van der Waals surface area (Å²) in [6.45, 7) is 7.28. The number of unbranched alkanes of at least 4 members (excludes halogenated alkanes) is 1. The summed E-state index contributed by atoms with van der Waals surface area (Å²) in [6, 6.07) is 0. The van der Waals surface area contributed by atoms with E-state index in [1.807, 2.05) is 0 Å². The van der Waals surface area contributed by atoms with E-state index in [1.54, 1.807) is 0 Å². The largest absolute Gasteiger partial charge is 0.312 e. The van der Waals surface area contributed by atoms with Crippen LogP contribution in [0.2, 0.25) is 0 Å². The first-order valence-electron chi connectivity index (χ1n) is 4.18. The van der Waals surface area contributed by atoms with Gasteiger partial charge < -0.3 is 4.18 Å². The van der Waals surface area contributed by atoms with E-state index in [9.17, 15) is 0 Å². The zero-order chi connectivity index (χ0) is 8.69. The predicted molar refractivity (Wildman–Crippen MR) is 55.3 cm³/mol. The molecule has 0 aliphatic rings. The van der Waals surface area contributed by atoms with Crippen LogP contribution in [-0.2, 0) is 25.1 Å². The Balaban J connectivity index is 3.23. The highest BCUT2D eigenvalue weighted by atomic mass is 32.8. The minimum atomic E-state index is -0.207. The quantitative estimate of drug-likeness (QED) is 0.642. The third-order valence-corrected chi connectivity index (χ3v) is 3.01. The Labute approximate surface area is 77.3 Å². The van der Waals surface area contributed by atoms with Crippen LogP contribution in [0.4, 0.5) is 0 Å². The normalized spacial score (nSPS) is 13.8. The molecule has 0 heterocycles. The van der Waals surface area contributed by atoms with Gasteiger partial charge >= 0.3 is 0 Å². The fourth-order valence-electron chi connectivity index (χ4n) is 0.533. The van der Waals surface area contributed by atoms with E-state index in [2.05, 4.69) is 20.8 Å². The molecule has 0 aliphatic heterocycles. The summed E-state index contributed by atoms with van der Waals surface area (Å²) in [5.41, 5.74) is 0. The van der Waals surface area contributed by atoms with Crippen LogP contribution in [0.25, 0.3) is 0 Å². The van der Waals surface area contributed by atoms with Crippen molar-refractivity contribution in [2.45, 2.75) is 33.6 Å². The average molecular weight is 194 g/mol. The van der Waals surface area contributed by atoms with E-state index < -0.39 is 0 Å². The summed E-state index contributed by atoms with van der Waals surface area (Å²) < 4.78 is 5.45. The van der Waals surface area contributed by atoms with Crippen LogP contribution in [0.1, 0.15) is 33.6 Å². The van der Waals surface area contributed by atoms with Crippen molar-refractivity contribution >= 4 is 20.9 Å². The first kappa shape index (κ1) is 11.5. The summed E-state index contributed by atoms with van der Waals surface area (Å²) in [4.78, 5) is 0. The third-order valence-electron chi connectivity index (χ3n) is 1.20. The molecule has 0 rings (SSSR count). The van der Waals surface area contributed by atoms with Gasteiger partial charge in [-0.25, -0.2) is 0 Å². The molecule has 1 atom stereocenters. The van der Waals surface area contributed by atoms with Crippen molar-refractivity contribution in [1.82, 2.24) is 0 Å². The maximum Gasteiger partial charge on any atom is 0.0639 e. The fourth-order valence-corrected chi connectivity index (χ4v) is 2.12. The van der Waals surface area contributed by atoms with Crippen molar-refractivity contribution in [3.63, 3.8) is 0 Å². The van der Waals surface area contributed by atoms with Crippen molar-refractivity contribution in [3.05, 3.63) is 0 Å². The molecular formula is C8H18OS2. The SMILES string of the molecule is CCCCS(=S)OCC(C)C. The molecule has 0 aromatic rings. The smallest absolute Gasteiger partial charge is 0.0639 e. The number of hydrogen-bond donors (Lipinski definition) is 0. The van der Waals surface area contributed by atoms with Crippen LogP contribution in [0.5, 0.6) is 0 Å². The van der Waals surface area contributed by atoms with Gasteiger partial charge in [-0.1, -0.05) is 27.2 Å². The maximum atomic E-state index is 5.45. The molecule has 0 saturated carbocycles. The molecule has 0 saturated heterocycles. The molecule has 0 bridgehead atoms. The number of rotatable bonds is 6. The second-order valence-corrected chi connectivity index (χ2v) is 5.41. The van der Waals surface area contributed by atoms with Gasteiger partial charge in [0.1, 0.15) is 0 Å². The minimum absolute atomic E-state index is 0.207. The van der Waals surface area contributed by atoms with Gasteiger partial charge in [-0.05, 0) is 23.5 Å². The molecule has 0 amide bonds. The second kappa shape index (κ2) is 7.19. The lowest BCUT2D eigenvalue weighted by atomic mass is 10.2. The minimum Gasteiger partial charge on any atom is -0.312 e. The summed E-state index contributed by atoms with van der Waals surface area (Å²) in [5.74, 6) is 1.66. The third kappa shape index (κ3) is 8.44. The van der Waals surface area contributed by atoms with E-state index >= 15 is 0 Å². The standard InChI is InChI=1S/C8H18OS2/c1-4-5-6-11(10)9-7-8(2)3/h8H,4-7H2,1-3H3. The lowest BCUT2D eigenvalue weighted by Gasteiger charge is -2.07. The first-order chi connectivity index (χ1) is 5.16. The number of hydrogen-bond acceptors (Lipinski definition) is 2. The van der Waals surface area contributed by atoms with E-state index in [1.165, 1.54) is 12.8 Å². The highest BCUT2D eigenvalue weighted by Gasteiger charge is 1.97.